The van der Waals surface area contributed by atoms with Crippen LogP contribution in [0.25, 0.3) is 0 Å². The van der Waals surface area contributed by atoms with Crippen molar-refractivity contribution in [2.75, 3.05) is 0 Å². The van der Waals surface area contributed by atoms with Gasteiger partial charge in [0.25, 0.3) is 5.91 Å². The Kier molecular flexibility index (Phi) is 5.30. The number of carboxylic acids is 1. The number of carbonyl (C=O) groups is 2. The number of rotatable bonds is 6. The Morgan fingerprint density at radius 2 is 2.04 bits per heavy atom. The van der Waals surface area contributed by atoms with Crippen LogP contribution in [0.3, 0.4) is 0 Å². The number of nitrogens with one attached hydrogen (secondary N) is 1. The van der Waals surface area contributed by atoms with Gasteiger partial charge < -0.3 is 19.6 Å². The van der Waals surface area contributed by atoms with Gasteiger partial charge in [-0.25, -0.2) is 0 Å². The van der Waals surface area contributed by atoms with Crippen molar-refractivity contribution in [3.8, 4) is 5.75 Å². The fraction of sp³-hybridized carbons (Fsp3) is 0.400. The predicted molar refractivity (Wildman–Crippen MR) is 95.2 cm³/mol. The van der Waals surface area contributed by atoms with Crippen LogP contribution in [0.15, 0.2) is 34.7 Å². The molecule has 26 heavy (non-hydrogen) atoms. The quantitative estimate of drug-likeness (QED) is 0.826. The van der Waals surface area contributed by atoms with Crippen molar-refractivity contribution in [3.63, 3.8) is 0 Å². The molecule has 0 aliphatic heterocycles. The molecular weight excluding hydrogens is 334 g/mol. The number of carbonyl (C=O) groups excluding carboxylic acids is 1. The van der Waals surface area contributed by atoms with E-state index in [1.807, 2.05) is 32.0 Å². The highest BCUT2D eigenvalue weighted by Crippen LogP contribution is 2.26. The molecule has 1 amide bonds. The maximum absolute atomic E-state index is 12.3. The summed E-state index contributed by atoms with van der Waals surface area (Å²) in [7, 11) is 0. The van der Waals surface area contributed by atoms with Gasteiger partial charge >= 0.3 is 5.97 Å². The van der Waals surface area contributed by atoms with Crippen LogP contribution in [0.1, 0.15) is 46.7 Å². The second-order valence-electron chi connectivity index (χ2n) is 6.84. The van der Waals surface area contributed by atoms with E-state index in [1.54, 1.807) is 12.1 Å². The number of hydrogen-bond acceptors (Lipinski definition) is 4. The molecule has 1 fully saturated rings. The molecule has 0 spiro atoms. The molecule has 3 rings (SSSR count). The van der Waals surface area contributed by atoms with Gasteiger partial charge in [0.05, 0.1) is 5.92 Å². The second-order valence-corrected chi connectivity index (χ2v) is 6.84. The molecule has 1 saturated carbocycles. The third-order valence-corrected chi connectivity index (χ3v) is 4.70. The minimum absolute atomic E-state index is 0.122. The Balaban J connectivity index is 1.54. The molecule has 6 nitrogen and oxygen atoms in total. The molecule has 1 aromatic carbocycles. The molecule has 0 bridgehead atoms. The fourth-order valence-electron chi connectivity index (χ4n) is 3.28. The van der Waals surface area contributed by atoms with Crippen molar-refractivity contribution >= 4 is 11.9 Å². The number of carboxylic acid groups (broad SMARTS) is 1. The maximum Gasteiger partial charge on any atom is 0.306 e. The minimum atomic E-state index is -0.800. The molecule has 0 saturated heterocycles. The summed E-state index contributed by atoms with van der Waals surface area (Å²) in [5.41, 5.74) is 2.22. The summed E-state index contributed by atoms with van der Waals surface area (Å²) in [6, 6.07) is 9.15. The monoisotopic (exact) mass is 357 g/mol. The van der Waals surface area contributed by atoms with Gasteiger partial charge in [0, 0.05) is 6.04 Å². The van der Waals surface area contributed by atoms with Crippen LogP contribution in [0.4, 0.5) is 0 Å². The molecule has 1 aromatic heterocycles. The summed E-state index contributed by atoms with van der Waals surface area (Å²) < 4.78 is 11.3. The Hall–Kier alpha value is -2.76. The highest BCUT2D eigenvalue weighted by atomic mass is 16.5. The lowest BCUT2D eigenvalue weighted by Crippen LogP contribution is -2.33. The van der Waals surface area contributed by atoms with Gasteiger partial charge in [-0.05, 0) is 56.9 Å². The number of benzene rings is 1. The van der Waals surface area contributed by atoms with Gasteiger partial charge in [-0.1, -0.05) is 17.7 Å². The summed E-state index contributed by atoms with van der Waals surface area (Å²) >= 11 is 0. The number of aliphatic carboxylic acids is 1. The molecule has 2 N–H and O–H groups in total. The van der Waals surface area contributed by atoms with Crippen molar-refractivity contribution in [1.82, 2.24) is 5.32 Å². The smallest absolute Gasteiger partial charge is 0.306 e. The van der Waals surface area contributed by atoms with Gasteiger partial charge in [-0.3, -0.25) is 9.59 Å². The Labute approximate surface area is 152 Å². The summed E-state index contributed by atoms with van der Waals surface area (Å²) in [5.74, 6) is 0.0552. The lowest BCUT2D eigenvalue weighted by molar-refractivity contribution is -0.141. The van der Waals surface area contributed by atoms with E-state index in [2.05, 4.69) is 5.32 Å². The zero-order valence-corrected chi connectivity index (χ0v) is 15.0. The summed E-state index contributed by atoms with van der Waals surface area (Å²) in [5, 5.41) is 11.9. The average Bonchev–Trinajstić information content (AvgIpc) is 3.23. The van der Waals surface area contributed by atoms with Crippen LogP contribution in [0, 0.1) is 19.8 Å². The van der Waals surface area contributed by atoms with E-state index in [1.165, 1.54) is 5.56 Å². The largest absolute Gasteiger partial charge is 0.485 e. The molecule has 138 valence electrons. The number of furan rings is 1. The van der Waals surface area contributed by atoms with Gasteiger partial charge in [0.2, 0.25) is 0 Å². The highest BCUT2D eigenvalue weighted by Gasteiger charge is 2.31. The van der Waals surface area contributed by atoms with E-state index in [-0.39, 0.29) is 30.2 Å². The van der Waals surface area contributed by atoms with Crippen molar-refractivity contribution in [1.29, 1.82) is 0 Å². The van der Waals surface area contributed by atoms with E-state index in [9.17, 15) is 9.59 Å². The lowest BCUT2D eigenvalue weighted by atomic mass is 10.1. The molecule has 2 atom stereocenters. The molecule has 6 heteroatoms. The van der Waals surface area contributed by atoms with Gasteiger partial charge in [-0.2, -0.15) is 0 Å². The van der Waals surface area contributed by atoms with Crippen LogP contribution in [-0.2, 0) is 11.4 Å². The molecule has 1 heterocycles. The van der Waals surface area contributed by atoms with Crippen LogP contribution < -0.4 is 10.1 Å². The van der Waals surface area contributed by atoms with Crippen LogP contribution in [0.5, 0.6) is 5.75 Å². The molecule has 0 radical (unpaired) electrons. The van der Waals surface area contributed by atoms with Crippen LogP contribution in [-0.4, -0.2) is 23.0 Å². The van der Waals surface area contributed by atoms with Gasteiger partial charge in [-0.15, -0.1) is 0 Å². The highest BCUT2D eigenvalue weighted by molar-refractivity contribution is 5.91. The average molecular weight is 357 g/mol. The minimum Gasteiger partial charge on any atom is -0.485 e. The maximum atomic E-state index is 12.3. The molecule has 0 unspecified atom stereocenters. The first-order valence-corrected chi connectivity index (χ1v) is 8.75. The van der Waals surface area contributed by atoms with Crippen molar-refractivity contribution < 1.29 is 23.8 Å². The third-order valence-electron chi connectivity index (χ3n) is 4.70. The number of ether oxygens (including phenoxy) is 1. The van der Waals surface area contributed by atoms with Crippen molar-refractivity contribution in [3.05, 3.63) is 53.0 Å². The standard InChI is InChI=1S/C20H23NO5/c1-12-3-7-17(13(2)9-12)25-11-16-6-8-18(26-16)19(22)21-15-5-4-14(10-15)20(23)24/h3,6-9,14-15H,4-5,10-11H2,1-2H3,(H,21,22)(H,23,24)/t14-,15+/m0/s1. The first kappa shape index (κ1) is 18.0. The Bertz CT molecular complexity index is 810. The zero-order valence-electron chi connectivity index (χ0n) is 15.0. The molecule has 1 aliphatic carbocycles. The zero-order chi connectivity index (χ0) is 18.7. The second kappa shape index (κ2) is 7.64. The Morgan fingerprint density at radius 1 is 1.23 bits per heavy atom. The molecular formula is C20H23NO5. The first-order chi connectivity index (χ1) is 12.4. The first-order valence-electron chi connectivity index (χ1n) is 8.75. The lowest BCUT2D eigenvalue weighted by Gasteiger charge is -2.11. The number of hydrogen-bond donors (Lipinski definition) is 2. The summed E-state index contributed by atoms with van der Waals surface area (Å²) in [6.07, 6.45) is 1.73. The van der Waals surface area contributed by atoms with E-state index < -0.39 is 5.97 Å². The fourth-order valence-corrected chi connectivity index (χ4v) is 3.28. The summed E-state index contributed by atoms with van der Waals surface area (Å²) in [6.45, 7) is 4.24. The van der Waals surface area contributed by atoms with E-state index in [4.69, 9.17) is 14.3 Å². The van der Waals surface area contributed by atoms with Crippen molar-refractivity contribution in [2.45, 2.75) is 45.8 Å². The van der Waals surface area contributed by atoms with Gasteiger partial charge in [0.1, 0.15) is 18.1 Å². The van der Waals surface area contributed by atoms with Crippen LogP contribution in [0.2, 0.25) is 0 Å². The SMILES string of the molecule is Cc1ccc(OCc2ccc(C(=O)N[C@@H]3CC[C@H](C(=O)O)C3)o2)c(C)c1. The third kappa shape index (κ3) is 4.25. The van der Waals surface area contributed by atoms with E-state index >= 15 is 0 Å². The number of aryl methyl sites for hydroxylation is 2. The van der Waals surface area contributed by atoms with E-state index in [0.29, 0.717) is 25.0 Å². The van der Waals surface area contributed by atoms with E-state index in [0.717, 1.165) is 11.3 Å². The van der Waals surface area contributed by atoms with Crippen LogP contribution >= 0.6 is 0 Å². The Morgan fingerprint density at radius 3 is 2.73 bits per heavy atom. The molecule has 1 aliphatic rings. The number of amides is 1. The topological polar surface area (TPSA) is 88.8 Å². The normalized spacial score (nSPS) is 19.3. The summed E-state index contributed by atoms with van der Waals surface area (Å²) in [4.78, 5) is 23.3. The van der Waals surface area contributed by atoms with Crippen molar-refractivity contribution in [2.24, 2.45) is 5.92 Å². The molecule has 2 aromatic rings. The predicted octanol–water partition coefficient (Wildman–Crippen LogP) is 3.46. The van der Waals surface area contributed by atoms with Gasteiger partial charge in [0.15, 0.2) is 5.76 Å².